The van der Waals surface area contributed by atoms with Crippen LogP contribution in [0.3, 0.4) is 0 Å². The van der Waals surface area contributed by atoms with Gasteiger partial charge in [-0.25, -0.2) is 0 Å². The summed E-state index contributed by atoms with van der Waals surface area (Å²) in [7, 11) is 0. The third-order valence-electron chi connectivity index (χ3n) is 5.24. The SMILES string of the molecule is Cc1ccccc1C(=O)NC(C(=O)N1CCCC(CCC(N)=O)C1)C(C)C. The molecule has 1 aromatic carbocycles. The number of nitrogens with zero attached hydrogens (tertiary/aromatic N) is 1. The van der Waals surface area contributed by atoms with E-state index < -0.39 is 6.04 Å². The molecular weight excluding hydrogens is 342 g/mol. The average Bonchev–Trinajstić information content (AvgIpc) is 2.64. The Morgan fingerprint density at radius 2 is 1.96 bits per heavy atom. The zero-order chi connectivity index (χ0) is 20.0. The number of hydrogen-bond donors (Lipinski definition) is 2. The van der Waals surface area contributed by atoms with Gasteiger partial charge in [0.05, 0.1) is 0 Å². The summed E-state index contributed by atoms with van der Waals surface area (Å²) >= 11 is 0. The van der Waals surface area contributed by atoms with E-state index >= 15 is 0 Å². The zero-order valence-electron chi connectivity index (χ0n) is 16.5. The highest BCUT2D eigenvalue weighted by Gasteiger charge is 2.32. The van der Waals surface area contributed by atoms with Gasteiger partial charge in [0.15, 0.2) is 0 Å². The fourth-order valence-corrected chi connectivity index (χ4v) is 3.60. The molecule has 2 atom stereocenters. The Bertz CT molecular complexity index is 687. The third-order valence-corrected chi connectivity index (χ3v) is 5.24. The maximum absolute atomic E-state index is 13.1. The summed E-state index contributed by atoms with van der Waals surface area (Å²) in [5.74, 6) is -0.298. The van der Waals surface area contributed by atoms with E-state index in [1.807, 2.05) is 43.9 Å². The van der Waals surface area contributed by atoms with E-state index in [0.29, 0.717) is 31.5 Å². The molecule has 1 aromatic rings. The molecule has 0 saturated carbocycles. The lowest BCUT2D eigenvalue weighted by atomic mass is 9.92. The lowest BCUT2D eigenvalue weighted by Crippen LogP contribution is -2.53. The first-order chi connectivity index (χ1) is 12.8. The van der Waals surface area contributed by atoms with Crippen molar-refractivity contribution in [2.45, 2.75) is 52.5 Å². The number of hydrogen-bond acceptors (Lipinski definition) is 3. The molecule has 0 bridgehead atoms. The first-order valence-corrected chi connectivity index (χ1v) is 9.73. The third kappa shape index (κ3) is 5.81. The Labute approximate surface area is 161 Å². The minimum atomic E-state index is -0.563. The van der Waals surface area contributed by atoms with Gasteiger partial charge in [-0.15, -0.1) is 0 Å². The molecule has 1 aliphatic heterocycles. The number of primary amides is 1. The Morgan fingerprint density at radius 1 is 1.26 bits per heavy atom. The number of benzene rings is 1. The zero-order valence-corrected chi connectivity index (χ0v) is 16.5. The summed E-state index contributed by atoms with van der Waals surface area (Å²) < 4.78 is 0. The van der Waals surface area contributed by atoms with Crippen molar-refractivity contribution < 1.29 is 14.4 Å². The van der Waals surface area contributed by atoms with Gasteiger partial charge in [0.2, 0.25) is 11.8 Å². The van der Waals surface area contributed by atoms with Crippen molar-refractivity contribution in [1.82, 2.24) is 10.2 Å². The molecule has 1 fully saturated rings. The van der Waals surface area contributed by atoms with Crippen LogP contribution in [0.1, 0.15) is 55.5 Å². The number of likely N-dealkylation sites (tertiary alicyclic amines) is 1. The van der Waals surface area contributed by atoms with Crippen molar-refractivity contribution in [2.24, 2.45) is 17.6 Å². The number of aryl methyl sites for hydroxylation is 1. The largest absolute Gasteiger partial charge is 0.370 e. The molecule has 2 unspecified atom stereocenters. The average molecular weight is 373 g/mol. The summed E-state index contributed by atoms with van der Waals surface area (Å²) in [6.45, 7) is 7.07. The number of rotatable bonds is 7. The fourth-order valence-electron chi connectivity index (χ4n) is 3.60. The van der Waals surface area contributed by atoms with Gasteiger partial charge < -0.3 is 16.0 Å². The van der Waals surface area contributed by atoms with Gasteiger partial charge in [0, 0.05) is 25.1 Å². The van der Waals surface area contributed by atoms with Crippen molar-refractivity contribution >= 4 is 17.7 Å². The Kier molecular flexibility index (Phi) is 7.39. The monoisotopic (exact) mass is 373 g/mol. The highest BCUT2D eigenvalue weighted by atomic mass is 16.2. The quantitative estimate of drug-likeness (QED) is 0.768. The number of carbonyl (C=O) groups is 3. The summed E-state index contributed by atoms with van der Waals surface area (Å²) in [5.41, 5.74) is 6.72. The number of nitrogens with one attached hydrogen (secondary N) is 1. The molecular formula is C21H31N3O3. The molecule has 0 spiro atoms. The molecule has 6 heteroatoms. The lowest BCUT2D eigenvalue weighted by molar-refractivity contribution is -0.136. The maximum Gasteiger partial charge on any atom is 0.252 e. The molecule has 27 heavy (non-hydrogen) atoms. The molecule has 3 N–H and O–H groups in total. The first-order valence-electron chi connectivity index (χ1n) is 9.73. The van der Waals surface area contributed by atoms with Gasteiger partial charge in [0.1, 0.15) is 6.04 Å². The molecule has 0 radical (unpaired) electrons. The van der Waals surface area contributed by atoms with Gasteiger partial charge in [-0.3, -0.25) is 14.4 Å². The second-order valence-electron chi connectivity index (χ2n) is 7.81. The van der Waals surface area contributed by atoms with Crippen LogP contribution in [0.4, 0.5) is 0 Å². The van der Waals surface area contributed by atoms with Gasteiger partial charge in [0.25, 0.3) is 5.91 Å². The van der Waals surface area contributed by atoms with Crippen LogP contribution < -0.4 is 11.1 Å². The van der Waals surface area contributed by atoms with E-state index in [9.17, 15) is 14.4 Å². The highest BCUT2D eigenvalue weighted by Crippen LogP contribution is 2.22. The van der Waals surface area contributed by atoms with E-state index in [1.165, 1.54) is 0 Å². The number of piperidine rings is 1. The predicted molar refractivity (Wildman–Crippen MR) is 105 cm³/mol. The minimum absolute atomic E-state index is 0.0172. The highest BCUT2D eigenvalue weighted by molar-refractivity contribution is 5.98. The smallest absolute Gasteiger partial charge is 0.252 e. The van der Waals surface area contributed by atoms with Crippen molar-refractivity contribution in [3.8, 4) is 0 Å². The van der Waals surface area contributed by atoms with E-state index in [-0.39, 0.29) is 29.6 Å². The molecule has 0 aliphatic carbocycles. The molecule has 1 aliphatic rings. The van der Waals surface area contributed by atoms with Crippen molar-refractivity contribution in [3.05, 3.63) is 35.4 Å². The molecule has 3 amide bonds. The molecule has 6 nitrogen and oxygen atoms in total. The lowest BCUT2D eigenvalue weighted by Gasteiger charge is -2.36. The summed E-state index contributed by atoms with van der Waals surface area (Å²) in [6.07, 6.45) is 2.97. The molecule has 1 heterocycles. The Hall–Kier alpha value is -2.37. The van der Waals surface area contributed by atoms with Crippen molar-refractivity contribution in [2.75, 3.05) is 13.1 Å². The minimum Gasteiger partial charge on any atom is -0.370 e. The Balaban J connectivity index is 2.04. The van der Waals surface area contributed by atoms with Gasteiger partial charge in [-0.05, 0) is 49.7 Å². The molecule has 1 saturated heterocycles. The van der Waals surface area contributed by atoms with E-state index in [4.69, 9.17) is 5.73 Å². The first kappa shape index (κ1) is 20.9. The standard InChI is InChI=1S/C21H31N3O3/c1-14(2)19(23-20(26)17-9-5-4-7-15(17)3)21(27)24-12-6-8-16(13-24)10-11-18(22)25/h4-5,7,9,14,16,19H,6,8,10-13H2,1-3H3,(H2,22,25)(H,23,26). The van der Waals surface area contributed by atoms with E-state index in [2.05, 4.69) is 5.32 Å². The van der Waals surface area contributed by atoms with Crippen LogP contribution in [0.5, 0.6) is 0 Å². The molecule has 0 aromatic heterocycles. The normalized spacial score (nSPS) is 18.2. The van der Waals surface area contributed by atoms with Crippen LogP contribution in [-0.2, 0) is 9.59 Å². The van der Waals surface area contributed by atoms with Gasteiger partial charge in [-0.2, -0.15) is 0 Å². The van der Waals surface area contributed by atoms with Crippen molar-refractivity contribution in [3.63, 3.8) is 0 Å². The van der Waals surface area contributed by atoms with Crippen LogP contribution in [0.2, 0.25) is 0 Å². The predicted octanol–water partition coefficient (Wildman–Crippen LogP) is 2.25. The van der Waals surface area contributed by atoms with Crippen LogP contribution >= 0.6 is 0 Å². The van der Waals surface area contributed by atoms with Gasteiger partial charge in [-0.1, -0.05) is 32.0 Å². The summed E-state index contributed by atoms with van der Waals surface area (Å²) in [5, 5.41) is 2.93. The van der Waals surface area contributed by atoms with Crippen molar-refractivity contribution in [1.29, 1.82) is 0 Å². The maximum atomic E-state index is 13.1. The summed E-state index contributed by atoms with van der Waals surface area (Å²) in [4.78, 5) is 38.6. The van der Waals surface area contributed by atoms with Crippen LogP contribution in [-0.4, -0.2) is 41.8 Å². The van der Waals surface area contributed by atoms with Crippen LogP contribution in [0, 0.1) is 18.8 Å². The van der Waals surface area contributed by atoms with Crippen LogP contribution in [0.25, 0.3) is 0 Å². The van der Waals surface area contributed by atoms with E-state index in [0.717, 1.165) is 18.4 Å². The number of carbonyl (C=O) groups excluding carboxylic acids is 3. The topological polar surface area (TPSA) is 92.5 Å². The second kappa shape index (κ2) is 9.53. The number of amides is 3. The second-order valence-corrected chi connectivity index (χ2v) is 7.81. The summed E-state index contributed by atoms with van der Waals surface area (Å²) in [6, 6.07) is 6.80. The van der Waals surface area contributed by atoms with E-state index in [1.54, 1.807) is 6.07 Å². The Morgan fingerprint density at radius 3 is 2.59 bits per heavy atom. The van der Waals surface area contributed by atoms with Gasteiger partial charge >= 0.3 is 0 Å². The molecule has 2 rings (SSSR count). The molecule has 148 valence electrons. The number of nitrogens with two attached hydrogens (primary N) is 1. The van der Waals surface area contributed by atoms with Crippen LogP contribution in [0.15, 0.2) is 24.3 Å². The fraction of sp³-hybridized carbons (Fsp3) is 0.571.